The molecule has 0 radical (unpaired) electrons. The number of carbonyl (C=O) groups excluding carboxylic acids is 2. The van der Waals surface area contributed by atoms with Crippen molar-refractivity contribution in [1.82, 2.24) is 25.3 Å². The Morgan fingerprint density at radius 1 is 1.11 bits per heavy atom. The second kappa shape index (κ2) is 8.04. The molecule has 1 aliphatic carbocycles. The van der Waals surface area contributed by atoms with E-state index >= 15 is 0 Å². The largest absolute Gasteiger partial charge is 0.335 e. The topological polar surface area (TPSA) is 79.3 Å². The van der Waals surface area contributed by atoms with Gasteiger partial charge in [0.2, 0.25) is 5.91 Å². The maximum absolute atomic E-state index is 12.5. The van der Waals surface area contributed by atoms with E-state index in [0.29, 0.717) is 32.7 Å². The second-order valence-electron chi connectivity index (χ2n) is 7.76. The van der Waals surface area contributed by atoms with E-state index < -0.39 is 0 Å². The molecule has 1 aromatic carbocycles. The SMILES string of the molecule is Cc1ccc(CNC(=O)NCc2cc3n(n2)CCN(C(=O)C2CCC2)C3)cc1. The van der Waals surface area contributed by atoms with Crippen molar-refractivity contribution in [1.29, 1.82) is 0 Å². The van der Waals surface area contributed by atoms with Crippen LogP contribution in [0.1, 0.15) is 41.8 Å². The third kappa shape index (κ3) is 4.18. The van der Waals surface area contributed by atoms with Crippen molar-refractivity contribution < 1.29 is 9.59 Å². The summed E-state index contributed by atoms with van der Waals surface area (Å²) < 4.78 is 1.95. The van der Waals surface area contributed by atoms with Crippen LogP contribution in [-0.4, -0.2) is 33.2 Å². The van der Waals surface area contributed by atoms with Gasteiger partial charge >= 0.3 is 6.03 Å². The van der Waals surface area contributed by atoms with Crippen LogP contribution in [0.2, 0.25) is 0 Å². The summed E-state index contributed by atoms with van der Waals surface area (Å²) in [6, 6.07) is 9.85. The fourth-order valence-electron chi connectivity index (χ4n) is 3.64. The minimum atomic E-state index is -0.215. The molecule has 1 saturated carbocycles. The third-order valence-corrected chi connectivity index (χ3v) is 5.62. The molecule has 2 N–H and O–H groups in total. The van der Waals surface area contributed by atoms with Crippen molar-refractivity contribution in [2.45, 2.75) is 52.4 Å². The highest BCUT2D eigenvalue weighted by Gasteiger charge is 2.31. The summed E-state index contributed by atoms with van der Waals surface area (Å²) >= 11 is 0. The molecule has 7 heteroatoms. The van der Waals surface area contributed by atoms with Crippen molar-refractivity contribution >= 4 is 11.9 Å². The molecule has 28 heavy (non-hydrogen) atoms. The van der Waals surface area contributed by atoms with Crippen LogP contribution >= 0.6 is 0 Å². The Labute approximate surface area is 165 Å². The van der Waals surface area contributed by atoms with Crippen LogP contribution in [0, 0.1) is 12.8 Å². The lowest BCUT2D eigenvalue weighted by molar-refractivity contribution is -0.139. The average Bonchev–Trinajstić information content (AvgIpc) is 3.06. The quantitative estimate of drug-likeness (QED) is 0.834. The molecule has 0 bridgehead atoms. The first-order valence-corrected chi connectivity index (χ1v) is 10.00. The highest BCUT2D eigenvalue weighted by Crippen LogP contribution is 2.29. The van der Waals surface area contributed by atoms with Gasteiger partial charge in [-0.3, -0.25) is 9.48 Å². The Balaban J connectivity index is 1.26. The van der Waals surface area contributed by atoms with E-state index in [1.807, 2.05) is 46.8 Å². The van der Waals surface area contributed by atoms with Gasteiger partial charge in [0.15, 0.2) is 0 Å². The van der Waals surface area contributed by atoms with E-state index in [1.54, 1.807) is 0 Å². The number of fused-ring (bicyclic) bond motifs is 1. The number of urea groups is 1. The minimum Gasteiger partial charge on any atom is -0.335 e. The first kappa shape index (κ1) is 18.5. The van der Waals surface area contributed by atoms with E-state index in [0.717, 1.165) is 29.8 Å². The minimum absolute atomic E-state index is 0.215. The molecule has 1 aliphatic heterocycles. The van der Waals surface area contributed by atoms with Gasteiger partial charge in [0.1, 0.15) is 0 Å². The molecule has 1 aromatic heterocycles. The molecule has 0 unspecified atom stereocenters. The Morgan fingerprint density at radius 3 is 2.57 bits per heavy atom. The Morgan fingerprint density at radius 2 is 1.86 bits per heavy atom. The van der Waals surface area contributed by atoms with E-state index in [1.165, 1.54) is 12.0 Å². The lowest BCUT2D eigenvalue weighted by Crippen LogP contribution is -2.43. The predicted molar refractivity (Wildman–Crippen MR) is 105 cm³/mol. The number of hydrogen-bond donors (Lipinski definition) is 2. The Bertz CT molecular complexity index is 854. The molecule has 0 saturated heterocycles. The van der Waals surface area contributed by atoms with Crippen LogP contribution in [0.5, 0.6) is 0 Å². The lowest BCUT2D eigenvalue weighted by Gasteiger charge is -2.34. The Kier molecular flexibility index (Phi) is 5.32. The normalized spacial score (nSPS) is 16.2. The lowest BCUT2D eigenvalue weighted by atomic mass is 9.84. The zero-order valence-corrected chi connectivity index (χ0v) is 16.3. The van der Waals surface area contributed by atoms with Gasteiger partial charge < -0.3 is 15.5 Å². The van der Waals surface area contributed by atoms with Crippen molar-refractivity contribution in [3.05, 3.63) is 52.8 Å². The summed E-state index contributed by atoms with van der Waals surface area (Å²) in [7, 11) is 0. The summed E-state index contributed by atoms with van der Waals surface area (Å²) in [4.78, 5) is 26.4. The van der Waals surface area contributed by atoms with Gasteiger partial charge in [0.05, 0.1) is 31.0 Å². The monoisotopic (exact) mass is 381 g/mol. The van der Waals surface area contributed by atoms with E-state index in [-0.39, 0.29) is 17.9 Å². The van der Waals surface area contributed by atoms with Crippen LogP contribution in [0.25, 0.3) is 0 Å². The average molecular weight is 381 g/mol. The molecule has 0 spiro atoms. The molecular weight excluding hydrogens is 354 g/mol. The molecule has 0 atom stereocenters. The van der Waals surface area contributed by atoms with Crippen LogP contribution in [-0.2, 0) is 31.0 Å². The molecule has 1 fully saturated rings. The fourth-order valence-corrected chi connectivity index (χ4v) is 3.64. The number of nitrogens with zero attached hydrogens (tertiary/aromatic N) is 3. The number of amides is 3. The number of hydrogen-bond acceptors (Lipinski definition) is 3. The van der Waals surface area contributed by atoms with Crippen LogP contribution < -0.4 is 10.6 Å². The number of nitrogens with one attached hydrogen (secondary N) is 2. The molecule has 3 amide bonds. The number of rotatable bonds is 5. The second-order valence-corrected chi connectivity index (χ2v) is 7.76. The summed E-state index contributed by atoms with van der Waals surface area (Å²) in [6.45, 7) is 4.94. The maximum Gasteiger partial charge on any atom is 0.315 e. The van der Waals surface area contributed by atoms with E-state index in [9.17, 15) is 9.59 Å². The molecule has 2 aromatic rings. The standard InChI is InChI=1S/C21H27N5O2/c1-15-5-7-16(8-6-15)12-22-21(28)23-13-18-11-19-14-25(9-10-26(19)24-18)20(27)17-3-2-4-17/h5-8,11,17H,2-4,9-10,12-14H2,1H3,(H2,22,23,28). The summed E-state index contributed by atoms with van der Waals surface area (Å²) in [5, 5.41) is 10.3. The van der Waals surface area contributed by atoms with Gasteiger partial charge in [-0.1, -0.05) is 36.2 Å². The number of aryl methyl sites for hydroxylation is 1. The molecule has 148 valence electrons. The summed E-state index contributed by atoms with van der Waals surface area (Å²) in [5.41, 5.74) is 4.12. The molecule has 7 nitrogen and oxygen atoms in total. The van der Waals surface area contributed by atoms with Gasteiger partial charge in [0, 0.05) is 19.0 Å². The summed E-state index contributed by atoms with van der Waals surface area (Å²) in [6.07, 6.45) is 3.23. The maximum atomic E-state index is 12.5. The number of aromatic nitrogens is 2. The highest BCUT2D eigenvalue weighted by molar-refractivity contribution is 5.79. The van der Waals surface area contributed by atoms with Crippen LogP contribution in [0.4, 0.5) is 4.79 Å². The summed E-state index contributed by atoms with van der Waals surface area (Å²) in [5.74, 6) is 0.515. The fraction of sp³-hybridized carbons (Fsp3) is 0.476. The first-order chi connectivity index (χ1) is 13.6. The molecule has 2 aliphatic rings. The zero-order valence-electron chi connectivity index (χ0n) is 16.3. The first-order valence-electron chi connectivity index (χ1n) is 10.00. The third-order valence-electron chi connectivity index (χ3n) is 5.62. The van der Waals surface area contributed by atoms with Gasteiger partial charge in [-0.15, -0.1) is 0 Å². The van der Waals surface area contributed by atoms with E-state index in [4.69, 9.17) is 0 Å². The van der Waals surface area contributed by atoms with Gasteiger partial charge in [0.25, 0.3) is 0 Å². The van der Waals surface area contributed by atoms with Crippen molar-refractivity contribution in [2.75, 3.05) is 6.54 Å². The van der Waals surface area contributed by atoms with Crippen LogP contribution in [0.15, 0.2) is 30.3 Å². The number of carbonyl (C=O) groups is 2. The van der Waals surface area contributed by atoms with E-state index in [2.05, 4.69) is 15.7 Å². The highest BCUT2D eigenvalue weighted by atomic mass is 16.2. The van der Waals surface area contributed by atoms with Gasteiger partial charge in [-0.2, -0.15) is 5.10 Å². The van der Waals surface area contributed by atoms with Crippen molar-refractivity contribution in [3.8, 4) is 0 Å². The van der Waals surface area contributed by atoms with Gasteiger partial charge in [-0.05, 0) is 31.4 Å². The molecule has 4 rings (SSSR count). The van der Waals surface area contributed by atoms with Gasteiger partial charge in [-0.25, -0.2) is 4.79 Å². The molecular formula is C21H27N5O2. The van der Waals surface area contributed by atoms with Crippen LogP contribution in [0.3, 0.4) is 0 Å². The predicted octanol–water partition coefficient (Wildman–Crippen LogP) is 2.33. The zero-order chi connectivity index (χ0) is 19.5. The van der Waals surface area contributed by atoms with Crippen molar-refractivity contribution in [3.63, 3.8) is 0 Å². The van der Waals surface area contributed by atoms with Crippen molar-refractivity contribution in [2.24, 2.45) is 5.92 Å². The smallest absolute Gasteiger partial charge is 0.315 e. The molecule has 2 heterocycles. The number of benzene rings is 1. The Hall–Kier alpha value is -2.83.